The predicted molar refractivity (Wildman–Crippen MR) is 35.2 cm³/mol. The summed E-state index contributed by atoms with van der Waals surface area (Å²) in [6.07, 6.45) is -5.07. The van der Waals surface area contributed by atoms with E-state index in [1.165, 1.54) is 0 Å². The van der Waals surface area contributed by atoms with Crippen LogP contribution in [0, 0.1) is 41.7 Å². The van der Waals surface area contributed by atoms with Gasteiger partial charge in [0, 0.05) is 41.7 Å². The quantitative estimate of drug-likeness (QED) is 0.195. The normalized spacial score (nSPS) is 6.19. The zero-order chi connectivity index (χ0) is 12.9. The molecule has 0 aliphatic carbocycles. The molecule has 6 N–H and O–H groups in total. The maximum atomic E-state index is 8.90. The van der Waals surface area contributed by atoms with E-state index in [9.17, 15) is 0 Å². The summed E-state index contributed by atoms with van der Waals surface area (Å²) in [7, 11) is 0. The molecule has 16 heavy (non-hydrogen) atoms. The molecule has 0 amide bonds. The molecule has 0 spiro atoms. The minimum Gasteiger partial charge on any atom is -0.448 e. The minimum absolute atomic E-state index is 0. The number of carboxylic acid groups (broad SMARTS) is 3. The second kappa shape index (κ2) is 19.6. The number of carbonyl (C=O) groups is 3. The summed E-state index contributed by atoms with van der Waals surface area (Å²) in [5, 5.41) is 42.9. The standard InChI is InChI=1S/3CH2O4.Ce/c3*2-1(3)5-4;/h3*4H,(H,2,3);. The van der Waals surface area contributed by atoms with Crippen molar-refractivity contribution >= 4 is 18.5 Å². The van der Waals surface area contributed by atoms with Gasteiger partial charge < -0.3 is 15.3 Å². The summed E-state index contributed by atoms with van der Waals surface area (Å²) in [6, 6.07) is 0. The third-order valence-corrected chi connectivity index (χ3v) is 0.234. The molecule has 0 rings (SSSR count). The summed E-state index contributed by atoms with van der Waals surface area (Å²) in [4.78, 5) is 34.7. The van der Waals surface area contributed by atoms with Gasteiger partial charge in [-0.2, -0.15) is 15.8 Å². The molecule has 0 aromatic carbocycles. The van der Waals surface area contributed by atoms with Crippen LogP contribution in [0.25, 0.3) is 0 Å². The fraction of sp³-hybridized carbons (Fsp3) is 0. The first kappa shape index (κ1) is 24.3. The van der Waals surface area contributed by atoms with Gasteiger partial charge in [0.05, 0.1) is 0 Å². The van der Waals surface area contributed by atoms with E-state index in [1.54, 1.807) is 0 Å². The largest absolute Gasteiger partial charge is 0.537 e. The van der Waals surface area contributed by atoms with Crippen LogP contribution < -0.4 is 0 Å². The Labute approximate surface area is 120 Å². The van der Waals surface area contributed by atoms with Crippen LogP contribution >= 0.6 is 0 Å². The van der Waals surface area contributed by atoms with E-state index in [2.05, 4.69) is 14.7 Å². The Hall–Kier alpha value is -0.933. The van der Waals surface area contributed by atoms with Gasteiger partial charge in [-0.25, -0.2) is 14.4 Å². The molecule has 0 aliphatic rings. The molecule has 0 atom stereocenters. The average molecular weight is 374 g/mol. The molecular weight excluding hydrogens is 368 g/mol. The molecule has 0 radical (unpaired) electrons. The zero-order valence-electron chi connectivity index (χ0n) is 7.13. The first-order valence-corrected chi connectivity index (χ1v) is 2.44. The van der Waals surface area contributed by atoms with Crippen LogP contribution in [0.4, 0.5) is 14.4 Å². The molecular formula is C3H6CeO12. The van der Waals surface area contributed by atoms with E-state index in [0.717, 1.165) is 0 Å². The second-order valence-corrected chi connectivity index (χ2v) is 1.07. The first-order chi connectivity index (χ1) is 6.81. The number of hydrogen-bond acceptors (Lipinski definition) is 9. The van der Waals surface area contributed by atoms with Gasteiger partial charge in [0.15, 0.2) is 0 Å². The topological polar surface area (TPSA) is 200 Å². The van der Waals surface area contributed by atoms with Crippen LogP contribution in [-0.4, -0.2) is 49.6 Å². The molecule has 0 aromatic heterocycles. The van der Waals surface area contributed by atoms with Gasteiger partial charge in [-0.05, 0) is 0 Å². The molecule has 0 saturated heterocycles. The smallest absolute Gasteiger partial charge is 0.448 e. The molecule has 0 aromatic rings. The number of hydrogen-bond donors (Lipinski definition) is 6. The molecule has 0 bridgehead atoms. The molecule has 0 unspecified atom stereocenters. The summed E-state index contributed by atoms with van der Waals surface area (Å²) >= 11 is 0. The van der Waals surface area contributed by atoms with Crippen LogP contribution in [0.1, 0.15) is 0 Å². The fourth-order valence-electron chi connectivity index (χ4n) is 0. The van der Waals surface area contributed by atoms with Crippen molar-refractivity contribution in [2.75, 3.05) is 0 Å². The first-order valence-electron chi connectivity index (χ1n) is 2.44. The van der Waals surface area contributed by atoms with Crippen LogP contribution in [0.2, 0.25) is 0 Å². The van der Waals surface area contributed by atoms with Crippen molar-refractivity contribution in [2.24, 2.45) is 0 Å². The summed E-state index contributed by atoms with van der Waals surface area (Å²) < 4.78 is 0. The van der Waals surface area contributed by atoms with E-state index in [1.807, 2.05) is 0 Å². The van der Waals surface area contributed by atoms with Gasteiger partial charge in [-0.1, -0.05) is 0 Å². The Kier molecular flexibility index (Phi) is 29.8. The zero-order valence-corrected chi connectivity index (χ0v) is 10.3. The molecule has 0 aliphatic heterocycles. The van der Waals surface area contributed by atoms with Gasteiger partial charge in [-0.15, -0.1) is 0 Å². The van der Waals surface area contributed by atoms with Crippen molar-refractivity contribution in [3.8, 4) is 0 Å². The van der Waals surface area contributed by atoms with Crippen molar-refractivity contribution in [3.63, 3.8) is 0 Å². The molecule has 94 valence electrons. The third-order valence-electron chi connectivity index (χ3n) is 0.234. The number of rotatable bonds is 0. The molecule has 0 heterocycles. The van der Waals surface area contributed by atoms with Crippen molar-refractivity contribution in [1.82, 2.24) is 0 Å². The van der Waals surface area contributed by atoms with Gasteiger partial charge in [0.1, 0.15) is 0 Å². The Morgan fingerprint density at radius 3 is 0.688 bits per heavy atom. The Balaban J connectivity index is -0.0000000655. The maximum absolute atomic E-state index is 8.90. The van der Waals surface area contributed by atoms with Crippen molar-refractivity contribution in [2.45, 2.75) is 0 Å². The van der Waals surface area contributed by atoms with E-state index >= 15 is 0 Å². The Bertz CT molecular complexity index is 155. The molecule has 12 nitrogen and oxygen atoms in total. The molecule has 0 saturated carbocycles. The summed E-state index contributed by atoms with van der Waals surface area (Å²) in [5.74, 6) is 0. The van der Waals surface area contributed by atoms with E-state index in [-0.39, 0.29) is 41.7 Å². The Morgan fingerprint density at radius 1 is 0.625 bits per heavy atom. The van der Waals surface area contributed by atoms with E-state index in [0.29, 0.717) is 0 Å². The summed E-state index contributed by atoms with van der Waals surface area (Å²) in [6.45, 7) is 0. The van der Waals surface area contributed by atoms with Gasteiger partial charge in [0.25, 0.3) is 0 Å². The van der Waals surface area contributed by atoms with Crippen molar-refractivity contribution in [1.29, 1.82) is 0 Å². The molecule has 0 fully saturated rings. The van der Waals surface area contributed by atoms with Gasteiger partial charge >= 0.3 is 18.5 Å². The average Bonchev–Trinajstić information content (AvgIpc) is 2.19. The fourth-order valence-corrected chi connectivity index (χ4v) is 0. The predicted octanol–water partition coefficient (Wildman–Crippen LogP) is 0.462. The van der Waals surface area contributed by atoms with Crippen LogP contribution in [0.15, 0.2) is 0 Å². The van der Waals surface area contributed by atoms with E-state index in [4.69, 9.17) is 45.5 Å². The minimum atomic E-state index is -1.69. The monoisotopic (exact) mass is 374 g/mol. The molecule has 13 heteroatoms. The third kappa shape index (κ3) is 74.1. The van der Waals surface area contributed by atoms with E-state index < -0.39 is 18.5 Å². The Morgan fingerprint density at radius 2 is 0.688 bits per heavy atom. The van der Waals surface area contributed by atoms with Crippen molar-refractivity contribution < 1.29 is 102 Å². The van der Waals surface area contributed by atoms with Gasteiger partial charge in [0.2, 0.25) is 0 Å². The van der Waals surface area contributed by atoms with Crippen LogP contribution in [0.3, 0.4) is 0 Å². The van der Waals surface area contributed by atoms with Gasteiger partial charge in [-0.3, -0.25) is 14.7 Å². The second-order valence-electron chi connectivity index (χ2n) is 1.07. The van der Waals surface area contributed by atoms with Crippen LogP contribution in [-0.2, 0) is 14.7 Å². The maximum Gasteiger partial charge on any atom is 0.537 e. The van der Waals surface area contributed by atoms with Crippen LogP contribution in [0.5, 0.6) is 0 Å². The van der Waals surface area contributed by atoms with Crippen molar-refractivity contribution in [3.05, 3.63) is 0 Å². The SMILES string of the molecule is O=C(O)OO.O=C(O)OO.O=C(O)OO.[Ce]. The summed E-state index contributed by atoms with van der Waals surface area (Å²) in [5.41, 5.74) is 0.